The molecule has 2 rings (SSSR count). The van der Waals surface area contributed by atoms with Crippen LogP contribution < -0.4 is 16.0 Å². The minimum Gasteiger partial charge on any atom is -0.347 e. The van der Waals surface area contributed by atoms with E-state index in [0.29, 0.717) is 0 Å². The van der Waals surface area contributed by atoms with E-state index in [1.165, 1.54) is 12.1 Å². The van der Waals surface area contributed by atoms with E-state index in [0.717, 1.165) is 12.5 Å². The maximum absolute atomic E-state index is 13.5. The van der Waals surface area contributed by atoms with E-state index in [1.54, 1.807) is 31.1 Å². The first-order chi connectivity index (χ1) is 12.8. The van der Waals surface area contributed by atoms with Crippen LogP contribution in [0.5, 0.6) is 0 Å². The van der Waals surface area contributed by atoms with Crippen LogP contribution in [0.1, 0.15) is 51.3 Å². The van der Waals surface area contributed by atoms with Gasteiger partial charge in [0.25, 0.3) is 5.92 Å². The summed E-state index contributed by atoms with van der Waals surface area (Å²) in [6.07, 6.45) is -0.398. The van der Waals surface area contributed by atoms with Crippen LogP contribution in [0.2, 0.25) is 0 Å². The number of amides is 2. The van der Waals surface area contributed by atoms with Crippen LogP contribution in [-0.4, -0.2) is 43.1 Å². The number of carbonyl (C=O) groups is 2. The largest absolute Gasteiger partial charge is 0.347 e. The molecule has 0 saturated carbocycles. The van der Waals surface area contributed by atoms with E-state index in [4.69, 9.17) is 0 Å². The minimum atomic E-state index is -2.92. The van der Waals surface area contributed by atoms with Gasteiger partial charge in [-0.3, -0.25) is 19.8 Å². The van der Waals surface area contributed by atoms with Crippen molar-refractivity contribution in [3.05, 3.63) is 35.4 Å². The van der Waals surface area contributed by atoms with Crippen LogP contribution in [0, 0.1) is 5.41 Å². The van der Waals surface area contributed by atoms with Crippen molar-refractivity contribution in [2.75, 3.05) is 14.1 Å². The van der Waals surface area contributed by atoms with Gasteiger partial charge in [-0.05, 0) is 25.1 Å². The van der Waals surface area contributed by atoms with Crippen molar-refractivity contribution >= 4 is 11.8 Å². The molecule has 2 amide bonds. The Morgan fingerprint density at radius 3 is 2.21 bits per heavy atom. The number of rotatable bonds is 5. The molecule has 0 radical (unpaired) electrons. The van der Waals surface area contributed by atoms with Crippen molar-refractivity contribution in [2.45, 2.75) is 58.4 Å². The normalized spacial score (nSPS) is 22.0. The standard InChI is InChI=1S/C20H30F2N4O2/c1-19(2,3)16(12-7-9-13(10-8-12)20(4,21)22)25-17(28)14-11-15(27)24-18(23-14)26(5)6/h7-10,14,16,18,23H,11H2,1-6H3,(H,24,27)(H,25,28)/t14?,16-,18?/m0/s1. The van der Waals surface area contributed by atoms with Gasteiger partial charge < -0.3 is 10.6 Å². The molecule has 2 unspecified atom stereocenters. The van der Waals surface area contributed by atoms with Crippen LogP contribution in [0.3, 0.4) is 0 Å². The topological polar surface area (TPSA) is 73.5 Å². The SMILES string of the molecule is CN(C)C1NC(=O)CC(C(=O)N[C@@H](c2ccc(C(C)(F)F)cc2)C(C)(C)C)N1. The molecule has 1 aromatic rings. The number of halogens is 2. The van der Waals surface area contributed by atoms with Crippen LogP contribution in [0.25, 0.3) is 0 Å². The van der Waals surface area contributed by atoms with Gasteiger partial charge >= 0.3 is 0 Å². The Morgan fingerprint density at radius 2 is 1.75 bits per heavy atom. The van der Waals surface area contributed by atoms with E-state index in [-0.39, 0.29) is 29.2 Å². The van der Waals surface area contributed by atoms with Gasteiger partial charge in [0.1, 0.15) is 6.29 Å². The monoisotopic (exact) mass is 396 g/mol. The summed E-state index contributed by atoms with van der Waals surface area (Å²) >= 11 is 0. The van der Waals surface area contributed by atoms with Gasteiger partial charge in [0.2, 0.25) is 11.8 Å². The van der Waals surface area contributed by atoms with Crippen molar-refractivity contribution < 1.29 is 18.4 Å². The number of alkyl halides is 2. The van der Waals surface area contributed by atoms with Gasteiger partial charge in [-0.2, -0.15) is 0 Å². The van der Waals surface area contributed by atoms with Crippen molar-refractivity contribution in [1.82, 2.24) is 20.9 Å². The van der Waals surface area contributed by atoms with Crippen molar-refractivity contribution in [3.8, 4) is 0 Å². The van der Waals surface area contributed by atoms with Gasteiger partial charge in [-0.1, -0.05) is 45.0 Å². The van der Waals surface area contributed by atoms with Crippen LogP contribution in [-0.2, 0) is 15.5 Å². The highest BCUT2D eigenvalue weighted by atomic mass is 19.3. The maximum atomic E-state index is 13.5. The first kappa shape index (κ1) is 22.2. The molecule has 0 aliphatic carbocycles. The first-order valence-corrected chi connectivity index (χ1v) is 9.29. The summed E-state index contributed by atoms with van der Waals surface area (Å²) in [7, 11) is 3.59. The van der Waals surface area contributed by atoms with E-state index >= 15 is 0 Å². The molecule has 0 aromatic heterocycles. The van der Waals surface area contributed by atoms with Gasteiger partial charge in [-0.25, -0.2) is 8.78 Å². The lowest BCUT2D eigenvalue weighted by Gasteiger charge is -2.37. The average molecular weight is 396 g/mol. The fourth-order valence-corrected chi connectivity index (χ4v) is 3.15. The third-order valence-electron chi connectivity index (χ3n) is 4.78. The zero-order chi connectivity index (χ0) is 21.3. The maximum Gasteiger partial charge on any atom is 0.270 e. The second kappa shape index (κ2) is 8.13. The quantitative estimate of drug-likeness (QED) is 0.714. The Hall–Kier alpha value is -2.06. The van der Waals surface area contributed by atoms with Crippen molar-refractivity contribution in [1.29, 1.82) is 0 Å². The number of nitrogens with one attached hydrogen (secondary N) is 3. The Balaban J connectivity index is 2.20. The number of hydrogen-bond donors (Lipinski definition) is 3. The molecule has 0 spiro atoms. The molecule has 3 N–H and O–H groups in total. The van der Waals surface area contributed by atoms with Crippen molar-refractivity contribution in [3.63, 3.8) is 0 Å². The summed E-state index contributed by atoms with van der Waals surface area (Å²) < 4.78 is 27.0. The zero-order valence-electron chi connectivity index (χ0n) is 17.3. The molecule has 28 heavy (non-hydrogen) atoms. The molecule has 1 aliphatic rings. The molecular weight excluding hydrogens is 366 g/mol. The highest BCUT2D eigenvalue weighted by Gasteiger charge is 2.35. The van der Waals surface area contributed by atoms with Gasteiger partial charge in [0, 0.05) is 12.5 Å². The van der Waals surface area contributed by atoms with E-state index in [9.17, 15) is 18.4 Å². The van der Waals surface area contributed by atoms with Crippen molar-refractivity contribution in [2.24, 2.45) is 5.41 Å². The molecule has 1 fully saturated rings. The minimum absolute atomic E-state index is 0.0357. The molecule has 3 atom stereocenters. The lowest BCUT2D eigenvalue weighted by Crippen LogP contribution is -2.65. The highest BCUT2D eigenvalue weighted by molar-refractivity contribution is 5.89. The highest BCUT2D eigenvalue weighted by Crippen LogP contribution is 2.35. The predicted molar refractivity (Wildman–Crippen MR) is 104 cm³/mol. The van der Waals surface area contributed by atoms with E-state index in [1.807, 2.05) is 20.8 Å². The predicted octanol–water partition coefficient (Wildman–Crippen LogP) is 2.33. The molecule has 6 nitrogen and oxygen atoms in total. The Morgan fingerprint density at radius 1 is 1.18 bits per heavy atom. The summed E-state index contributed by atoms with van der Waals surface area (Å²) in [6.45, 7) is 6.74. The fraction of sp³-hybridized carbons (Fsp3) is 0.600. The lowest BCUT2D eigenvalue weighted by molar-refractivity contribution is -0.134. The van der Waals surface area contributed by atoms with Crippen LogP contribution >= 0.6 is 0 Å². The van der Waals surface area contributed by atoms with E-state index < -0.39 is 24.3 Å². The number of nitrogens with zero attached hydrogens (tertiary/aromatic N) is 1. The summed E-state index contributed by atoms with van der Waals surface area (Å²) in [5, 5.41) is 8.86. The first-order valence-electron chi connectivity index (χ1n) is 9.29. The number of hydrogen-bond acceptors (Lipinski definition) is 4. The molecular formula is C20H30F2N4O2. The van der Waals surface area contributed by atoms with Crippen LogP contribution in [0.15, 0.2) is 24.3 Å². The second-order valence-corrected chi connectivity index (χ2v) is 8.68. The Bertz CT molecular complexity index is 708. The Kier molecular flexibility index (Phi) is 6.45. The van der Waals surface area contributed by atoms with Gasteiger partial charge in [0.15, 0.2) is 0 Å². The Labute approximate surface area is 165 Å². The molecule has 8 heteroatoms. The number of carbonyl (C=O) groups excluding carboxylic acids is 2. The molecule has 156 valence electrons. The van der Waals surface area contributed by atoms with Gasteiger partial charge in [-0.15, -0.1) is 0 Å². The summed E-state index contributed by atoms with van der Waals surface area (Å²) in [5.41, 5.74) is 0.303. The van der Waals surface area contributed by atoms with Gasteiger partial charge in [0.05, 0.1) is 18.5 Å². The van der Waals surface area contributed by atoms with E-state index in [2.05, 4.69) is 16.0 Å². The third kappa shape index (κ3) is 5.48. The molecule has 0 bridgehead atoms. The molecule has 1 heterocycles. The molecule has 1 aliphatic heterocycles. The van der Waals surface area contributed by atoms with Crippen LogP contribution in [0.4, 0.5) is 8.78 Å². The fourth-order valence-electron chi connectivity index (χ4n) is 3.15. The zero-order valence-corrected chi connectivity index (χ0v) is 17.3. The molecule has 1 aromatic carbocycles. The second-order valence-electron chi connectivity index (χ2n) is 8.68. The average Bonchev–Trinajstić information content (AvgIpc) is 2.57. The third-order valence-corrected chi connectivity index (χ3v) is 4.78. The lowest BCUT2D eigenvalue weighted by atomic mass is 9.81. The smallest absolute Gasteiger partial charge is 0.270 e. The summed E-state index contributed by atoms with van der Waals surface area (Å²) in [6, 6.07) is 4.93. The molecule has 1 saturated heterocycles. The summed E-state index contributed by atoms with van der Waals surface area (Å²) in [5.74, 6) is -3.43. The number of benzene rings is 1. The summed E-state index contributed by atoms with van der Waals surface area (Å²) in [4.78, 5) is 26.6.